The van der Waals surface area contributed by atoms with E-state index < -0.39 is 0 Å². The van der Waals surface area contributed by atoms with E-state index >= 15 is 0 Å². The van der Waals surface area contributed by atoms with Crippen LogP contribution in [0.1, 0.15) is 39.0 Å². The molecule has 3 heteroatoms. The minimum atomic E-state index is 0.635. The molecule has 0 radical (unpaired) electrons. The SMILES string of the molecule is CCCN=C(N)NC(C1CC1)C1CC1. The smallest absolute Gasteiger partial charge is 0.188 e. The van der Waals surface area contributed by atoms with E-state index in [-0.39, 0.29) is 0 Å². The average Bonchev–Trinajstić information content (AvgIpc) is 3.04. The number of rotatable bonds is 5. The highest BCUT2D eigenvalue weighted by atomic mass is 15.1. The molecule has 0 saturated heterocycles. The van der Waals surface area contributed by atoms with Gasteiger partial charge in [0.25, 0.3) is 0 Å². The van der Waals surface area contributed by atoms with Crippen LogP contribution in [0.3, 0.4) is 0 Å². The molecule has 0 aliphatic heterocycles. The molecule has 3 nitrogen and oxygen atoms in total. The third kappa shape index (κ3) is 2.63. The number of nitrogens with zero attached hydrogens (tertiary/aromatic N) is 1. The molecule has 0 bridgehead atoms. The molecule has 2 aliphatic rings. The largest absolute Gasteiger partial charge is 0.370 e. The van der Waals surface area contributed by atoms with E-state index in [4.69, 9.17) is 5.73 Å². The number of aliphatic imine (C=N–C) groups is 1. The maximum atomic E-state index is 5.83. The monoisotopic (exact) mass is 195 g/mol. The van der Waals surface area contributed by atoms with Crippen molar-refractivity contribution >= 4 is 5.96 Å². The summed E-state index contributed by atoms with van der Waals surface area (Å²) in [5.74, 6) is 2.44. The van der Waals surface area contributed by atoms with Crippen LogP contribution in [0.4, 0.5) is 0 Å². The summed E-state index contributed by atoms with van der Waals surface area (Å²) in [6.45, 7) is 2.97. The van der Waals surface area contributed by atoms with Crippen LogP contribution >= 0.6 is 0 Å². The van der Waals surface area contributed by atoms with Crippen LogP contribution in [-0.2, 0) is 0 Å². The molecular formula is C11H21N3. The summed E-state index contributed by atoms with van der Waals surface area (Å²) in [5, 5.41) is 3.40. The molecule has 2 aliphatic carbocycles. The Morgan fingerprint density at radius 1 is 1.36 bits per heavy atom. The van der Waals surface area contributed by atoms with Crippen molar-refractivity contribution in [2.75, 3.05) is 6.54 Å². The van der Waals surface area contributed by atoms with E-state index in [2.05, 4.69) is 17.2 Å². The van der Waals surface area contributed by atoms with Crippen molar-refractivity contribution in [2.24, 2.45) is 22.6 Å². The van der Waals surface area contributed by atoms with Crippen LogP contribution in [-0.4, -0.2) is 18.5 Å². The Labute approximate surface area is 86.2 Å². The Kier molecular flexibility index (Phi) is 2.94. The lowest BCUT2D eigenvalue weighted by Crippen LogP contribution is -2.42. The molecule has 2 rings (SSSR count). The lowest BCUT2D eigenvalue weighted by atomic mass is 10.1. The predicted octanol–water partition coefficient (Wildman–Crippen LogP) is 1.49. The van der Waals surface area contributed by atoms with Crippen LogP contribution in [0.25, 0.3) is 0 Å². The van der Waals surface area contributed by atoms with E-state index in [1.165, 1.54) is 25.7 Å². The number of guanidine groups is 1. The van der Waals surface area contributed by atoms with Gasteiger partial charge in [0.1, 0.15) is 0 Å². The van der Waals surface area contributed by atoms with E-state index in [0.29, 0.717) is 12.0 Å². The van der Waals surface area contributed by atoms with Crippen molar-refractivity contribution in [1.82, 2.24) is 5.32 Å². The van der Waals surface area contributed by atoms with Gasteiger partial charge in [0.15, 0.2) is 5.96 Å². The first-order valence-electron chi connectivity index (χ1n) is 5.87. The molecule has 2 saturated carbocycles. The Balaban J connectivity index is 1.80. The van der Waals surface area contributed by atoms with Crippen LogP contribution in [0.15, 0.2) is 4.99 Å². The molecule has 80 valence electrons. The molecule has 3 N–H and O–H groups in total. The van der Waals surface area contributed by atoms with E-state index in [1.807, 2.05) is 0 Å². The summed E-state index contributed by atoms with van der Waals surface area (Å²) in [7, 11) is 0. The van der Waals surface area contributed by atoms with Crippen molar-refractivity contribution in [1.29, 1.82) is 0 Å². The van der Waals surface area contributed by atoms with Gasteiger partial charge >= 0.3 is 0 Å². The molecule has 0 spiro atoms. The van der Waals surface area contributed by atoms with Gasteiger partial charge in [-0.1, -0.05) is 6.92 Å². The van der Waals surface area contributed by atoms with E-state index in [1.54, 1.807) is 0 Å². The second kappa shape index (κ2) is 4.20. The third-order valence-electron chi connectivity index (χ3n) is 3.08. The van der Waals surface area contributed by atoms with E-state index in [0.717, 1.165) is 24.8 Å². The molecular weight excluding hydrogens is 174 g/mol. The molecule has 0 amide bonds. The molecule has 2 fully saturated rings. The van der Waals surface area contributed by atoms with Crippen molar-refractivity contribution in [3.05, 3.63) is 0 Å². The molecule has 14 heavy (non-hydrogen) atoms. The second-order valence-electron chi connectivity index (χ2n) is 4.61. The number of hydrogen-bond acceptors (Lipinski definition) is 1. The minimum absolute atomic E-state index is 0.635. The molecule has 0 heterocycles. The zero-order chi connectivity index (χ0) is 9.97. The maximum absolute atomic E-state index is 5.83. The third-order valence-corrected chi connectivity index (χ3v) is 3.08. The van der Waals surface area contributed by atoms with E-state index in [9.17, 15) is 0 Å². The number of nitrogens with one attached hydrogen (secondary N) is 1. The van der Waals surface area contributed by atoms with Gasteiger partial charge in [-0.2, -0.15) is 0 Å². The summed E-state index contributed by atoms with van der Waals surface area (Å²) in [6.07, 6.45) is 6.61. The number of hydrogen-bond donors (Lipinski definition) is 2. The maximum Gasteiger partial charge on any atom is 0.188 e. The quantitative estimate of drug-likeness (QED) is 0.516. The topological polar surface area (TPSA) is 50.4 Å². The molecule has 0 atom stereocenters. The fourth-order valence-electron chi connectivity index (χ4n) is 1.98. The first kappa shape index (κ1) is 9.81. The molecule has 0 unspecified atom stereocenters. The van der Waals surface area contributed by atoms with Crippen molar-refractivity contribution in [2.45, 2.75) is 45.1 Å². The van der Waals surface area contributed by atoms with Crippen LogP contribution in [0, 0.1) is 11.8 Å². The zero-order valence-electron chi connectivity index (χ0n) is 9.00. The number of nitrogens with two attached hydrogens (primary N) is 1. The summed E-state index contributed by atoms with van der Waals surface area (Å²) >= 11 is 0. The highest BCUT2D eigenvalue weighted by Gasteiger charge is 2.41. The van der Waals surface area contributed by atoms with Gasteiger partial charge in [0.2, 0.25) is 0 Å². The minimum Gasteiger partial charge on any atom is -0.370 e. The molecule has 0 aromatic heterocycles. The summed E-state index contributed by atoms with van der Waals surface area (Å²) in [6, 6.07) is 0.635. The Morgan fingerprint density at radius 2 is 1.93 bits per heavy atom. The van der Waals surface area contributed by atoms with Gasteiger partial charge in [0.05, 0.1) is 0 Å². The predicted molar refractivity (Wildman–Crippen MR) is 59.2 cm³/mol. The van der Waals surface area contributed by atoms with Crippen LogP contribution < -0.4 is 11.1 Å². The first-order chi connectivity index (χ1) is 6.81. The van der Waals surface area contributed by atoms with Crippen molar-refractivity contribution < 1.29 is 0 Å². The highest BCUT2D eigenvalue weighted by Crippen LogP contribution is 2.44. The second-order valence-corrected chi connectivity index (χ2v) is 4.61. The lowest BCUT2D eigenvalue weighted by molar-refractivity contribution is 0.480. The Morgan fingerprint density at radius 3 is 2.36 bits per heavy atom. The molecule has 0 aromatic rings. The van der Waals surface area contributed by atoms with Crippen LogP contribution in [0.2, 0.25) is 0 Å². The first-order valence-corrected chi connectivity index (χ1v) is 5.87. The Hall–Kier alpha value is -0.730. The van der Waals surface area contributed by atoms with Gasteiger partial charge in [-0.25, -0.2) is 0 Å². The van der Waals surface area contributed by atoms with Crippen molar-refractivity contribution in [3.8, 4) is 0 Å². The normalized spacial score (nSPS) is 22.9. The zero-order valence-corrected chi connectivity index (χ0v) is 9.00. The van der Waals surface area contributed by atoms with Crippen LogP contribution in [0.5, 0.6) is 0 Å². The van der Waals surface area contributed by atoms with Gasteiger partial charge < -0.3 is 11.1 Å². The van der Waals surface area contributed by atoms with Gasteiger partial charge in [-0.05, 0) is 43.9 Å². The fraction of sp³-hybridized carbons (Fsp3) is 0.909. The summed E-state index contributed by atoms with van der Waals surface area (Å²) in [5.41, 5.74) is 5.83. The summed E-state index contributed by atoms with van der Waals surface area (Å²) in [4.78, 5) is 4.29. The highest BCUT2D eigenvalue weighted by molar-refractivity contribution is 5.78. The van der Waals surface area contributed by atoms with Gasteiger partial charge in [-0.3, -0.25) is 4.99 Å². The Bertz CT molecular complexity index is 205. The molecule has 0 aromatic carbocycles. The average molecular weight is 195 g/mol. The fourth-order valence-corrected chi connectivity index (χ4v) is 1.98. The summed E-state index contributed by atoms with van der Waals surface area (Å²) < 4.78 is 0. The lowest BCUT2D eigenvalue weighted by Gasteiger charge is -2.17. The van der Waals surface area contributed by atoms with Crippen molar-refractivity contribution in [3.63, 3.8) is 0 Å². The van der Waals surface area contributed by atoms with Gasteiger partial charge in [0, 0.05) is 12.6 Å². The van der Waals surface area contributed by atoms with Gasteiger partial charge in [-0.15, -0.1) is 0 Å². The standard InChI is InChI=1S/C11H21N3/c1-2-7-13-11(12)14-10(8-3-4-8)9-5-6-9/h8-10H,2-7H2,1H3,(H3,12,13,14).